The Hall–Kier alpha value is -2.76. The number of ether oxygens (including phenoxy) is 2. The smallest absolute Gasteiger partial charge is 0.251 e. The summed E-state index contributed by atoms with van der Waals surface area (Å²) in [6.45, 7) is 2.57. The molecule has 1 aromatic heterocycles. The molecule has 0 radical (unpaired) electrons. The summed E-state index contributed by atoms with van der Waals surface area (Å²) < 4.78 is 10.5. The number of hydrogen-bond donors (Lipinski definition) is 1. The fourth-order valence-corrected chi connectivity index (χ4v) is 3.27. The number of aromatic nitrogens is 1. The molecule has 1 aliphatic heterocycles. The Labute approximate surface area is 160 Å². The molecule has 6 heteroatoms. The van der Waals surface area contributed by atoms with Gasteiger partial charge in [-0.3, -0.25) is 4.79 Å². The molecule has 0 spiro atoms. The van der Waals surface area contributed by atoms with Gasteiger partial charge in [-0.25, -0.2) is 4.98 Å². The van der Waals surface area contributed by atoms with Gasteiger partial charge in [-0.2, -0.15) is 0 Å². The third-order valence-corrected chi connectivity index (χ3v) is 4.84. The average molecular weight is 369 g/mol. The molecule has 3 rings (SSSR count). The summed E-state index contributed by atoms with van der Waals surface area (Å²) in [5, 5.41) is 2.92. The van der Waals surface area contributed by atoms with Crippen LogP contribution in [0.2, 0.25) is 0 Å². The number of amides is 1. The third-order valence-electron chi connectivity index (χ3n) is 4.84. The zero-order valence-corrected chi connectivity index (χ0v) is 16.0. The SMILES string of the molecule is COc1ccc(C(=O)NCc2ccc(N3CCCCCC3)nc2)cc1OC. The molecular weight excluding hydrogens is 342 g/mol. The molecule has 0 unspecified atom stereocenters. The molecule has 1 saturated heterocycles. The van der Waals surface area contributed by atoms with Crippen LogP contribution in [0.15, 0.2) is 36.5 Å². The van der Waals surface area contributed by atoms with Gasteiger partial charge in [-0.1, -0.05) is 18.9 Å². The van der Waals surface area contributed by atoms with E-state index in [4.69, 9.17) is 9.47 Å². The minimum Gasteiger partial charge on any atom is -0.493 e. The van der Waals surface area contributed by atoms with E-state index >= 15 is 0 Å². The van der Waals surface area contributed by atoms with Gasteiger partial charge in [-0.15, -0.1) is 0 Å². The lowest BCUT2D eigenvalue weighted by Gasteiger charge is -2.21. The molecule has 0 saturated carbocycles. The largest absolute Gasteiger partial charge is 0.493 e. The molecule has 1 amide bonds. The number of nitrogens with one attached hydrogen (secondary N) is 1. The van der Waals surface area contributed by atoms with Crippen molar-refractivity contribution >= 4 is 11.7 Å². The number of carbonyl (C=O) groups excluding carboxylic acids is 1. The van der Waals surface area contributed by atoms with Crippen LogP contribution < -0.4 is 19.7 Å². The zero-order valence-electron chi connectivity index (χ0n) is 16.0. The molecule has 6 nitrogen and oxygen atoms in total. The Morgan fingerprint density at radius 2 is 1.78 bits per heavy atom. The highest BCUT2D eigenvalue weighted by Gasteiger charge is 2.12. The Kier molecular flexibility index (Phi) is 6.52. The molecule has 1 N–H and O–H groups in total. The van der Waals surface area contributed by atoms with Crippen LogP contribution >= 0.6 is 0 Å². The topological polar surface area (TPSA) is 63.7 Å². The number of pyridine rings is 1. The standard InChI is InChI=1S/C21H27N3O3/c1-26-18-9-8-17(13-19(18)27-2)21(25)23-15-16-7-10-20(22-14-16)24-11-5-3-4-6-12-24/h7-10,13-14H,3-6,11-12,15H2,1-2H3,(H,23,25). The lowest BCUT2D eigenvalue weighted by molar-refractivity contribution is 0.0950. The Balaban J connectivity index is 1.58. The highest BCUT2D eigenvalue weighted by Crippen LogP contribution is 2.27. The van der Waals surface area contributed by atoms with Crippen LogP contribution in [0.4, 0.5) is 5.82 Å². The molecule has 0 bridgehead atoms. The minimum absolute atomic E-state index is 0.160. The van der Waals surface area contributed by atoms with Crippen LogP contribution in [0.5, 0.6) is 11.5 Å². The Morgan fingerprint density at radius 1 is 1.04 bits per heavy atom. The lowest BCUT2D eigenvalue weighted by atomic mass is 10.2. The first-order valence-electron chi connectivity index (χ1n) is 9.41. The molecule has 144 valence electrons. The Morgan fingerprint density at radius 3 is 2.41 bits per heavy atom. The number of rotatable bonds is 6. The highest BCUT2D eigenvalue weighted by atomic mass is 16.5. The zero-order chi connectivity index (χ0) is 19.1. The second-order valence-electron chi connectivity index (χ2n) is 6.68. The van der Waals surface area contributed by atoms with Crippen molar-refractivity contribution < 1.29 is 14.3 Å². The molecule has 1 aliphatic rings. The molecular formula is C21H27N3O3. The van der Waals surface area contributed by atoms with E-state index in [1.54, 1.807) is 32.4 Å². The van der Waals surface area contributed by atoms with Gasteiger partial charge in [-0.05, 0) is 42.7 Å². The molecule has 1 fully saturated rings. The van der Waals surface area contributed by atoms with Gasteiger partial charge in [0.2, 0.25) is 0 Å². The summed E-state index contributed by atoms with van der Waals surface area (Å²) >= 11 is 0. The first-order chi connectivity index (χ1) is 13.2. The number of nitrogens with zero attached hydrogens (tertiary/aromatic N) is 2. The molecule has 2 heterocycles. The number of anilines is 1. The van der Waals surface area contributed by atoms with Gasteiger partial charge in [0, 0.05) is 31.4 Å². The number of hydrogen-bond acceptors (Lipinski definition) is 5. The maximum Gasteiger partial charge on any atom is 0.251 e. The van der Waals surface area contributed by atoms with Crippen LogP contribution in [0, 0.1) is 0 Å². The van der Waals surface area contributed by atoms with Crippen LogP contribution in [0.25, 0.3) is 0 Å². The highest BCUT2D eigenvalue weighted by molar-refractivity contribution is 5.94. The summed E-state index contributed by atoms with van der Waals surface area (Å²) in [6, 6.07) is 9.20. The maximum absolute atomic E-state index is 12.4. The second kappa shape index (κ2) is 9.26. The quantitative estimate of drug-likeness (QED) is 0.845. The predicted molar refractivity (Wildman–Crippen MR) is 106 cm³/mol. The van der Waals surface area contributed by atoms with E-state index in [0.29, 0.717) is 23.6 Å². The monoisotopic (exact) mass is 369 g/mol. The first kappa shape index (κ1) is 19.0. The van der Waals surface area contributed by atoms with Crippen LogP contribution in [-0.2, 0) is 6.54 Å². The maximum atomic E-state index is 12.4. The normalized spacial score (nSPS) is 14.4. The summed E-state index contributed by atoms with van der Waals surface area (Å²) in [4.78, 5) is 19.3. The van der Waals surface area contributed by atoms with E-state index in [2.05, 4.69) is 15.2 Å². The summed E-state index contributed by atoms with van der Waals surface area (Å²) in [5.41, 5.74) is 1.50. The van der Waals surface area contributed by atoms with E-state index in [-0.39, 0.29) is 5.91 Å². The van der Waals surface area contributed by atoms with Crippen molar-refractivity contribution in [3.8, 4) is 11.5 Å². The second-order valence-corrected chi connectivity index (χ2v) is 6.68. The van der Waals surface area contributed by atoms with Crippen molar-refractivity contribution in [1.82, 2.24) is 10.3 Å². The van der Waals surface area contributed by atoms with Crippen molar-refractivity contribution in [2.24, 2.45) is 0 Å². The van der Waals surface area contributed by atoms with Crippen LogP contribution in [0.3, 0.4) is 0 Å². The van der Waals surface area contributed by atoms with Crippen LogP contribution in [-0.4, -0.2) is 38.2 Å². The number of benzene rings is 1. The first-order valence-corrected chi connectivity index (χ1v) is 9.41. The summed E-state index contributed by atoms with van der Waals surface area (Å²) in [6.07, 6.45) is 6.90. The predicted octanol–water partition coefficient (Wildman–Crippen LogP) is 3.41. The molecule has 0 aliphatic carbocycles. The molecule has 2 aromatic rings. The minimum atomic E-state index is -0.160. The summed E-state index contributed by atoms with van der Waals surface area (Å²) in [5.74, 6) is 2.00. The van der Waals surface area contributed by atoms with E-state index in [9.17, 15) is 4.79 Å². The summed E-state index contributed by atoms with van der Waals surface area (Å²) in [7, 11) is 3.12. The fraction of sp³-hybridized carbons (Fsp3) is 0.429. The number of carbonyl (C=O) groups is 1. The van der Waals surface area contributed by atoms with Gasteiger partial charge in [0.15, 0.2) is 11.5 Å². The van der Waals surface area contributed by atoms with Gasteiger partial charge in [0.05, 0.1) is 14.2 Å². The van der Waals surface area contributed by atoms with Crippen molar-refractivity contribution in [2.75, 3.05) is 32.2 Å². The Bertz CT molecular complexity index is 754. The lowest BCUT2D eigenvalue weighted by Crippen LogP contribution is -2.25. The van der Waals surface area contributed by atoms with E-state index in [0.717, 1.165) is 24.5 Å². The van der Waals surface area contributed by atoms with Gasteiger partial charge in [0.25, 0.3) is 5.91 Å². The van der Waals surface area contributed by atoms with E-state index in [1.165, 1.54) is 25.7 Å². The third kappa shape index (κ3) is 4.90. The van der Waals surface area contributed by atoms with E-state index in [1.807, 2.05) is 18.3 Å². The van der Waals surface area contributed by atoms with E-state index < -0.39 is 0 Å². The van der Waals surface area contributed by atoms with Crippen molar-refractivity contribution in [3.63, 3.8) is 0 Å². The average Bonchev–Trinajstić information content (AvgIpc) is 3.01. The van der Waals surface area contributed by atoms with Gasteiger partial charge in [0.1, 0.15) is 5.82 Å². The van der Waals surface area contributed by atoms with Crippen molar-refractivity contribution in [3.05, 3.63) is 47.7 Å². The molecule has 27 heavy (non-hydrogen) atoms. The van der Waals surface area contributed by atoms with Gasteiger partial charge < -0.3 is 19.7 Å². The molecule has 1 aromatic carbocycles. The van der Waals surface area contributed by atoms with Crippen LogP contribution in [0.1, 0.15) is 41.6 Å². The van der Waals surface area contributed by atoms with Crippen molar-refractivity contribution in [1.29, 1.82) is 0 Å². The van der Waals surface area contributed by atoms with Crippen molar-refractivity contribution in [2.45, 2.75) is 32.2 Å². The fourth-order valence-electron chi connectivity index (χ4n) is 3.27. The van der Waals surface area contributed by atoms with Gasteiger partial charge >= 0.3 is 0 Å². The molecule has 0 atom stereocenters. The number of methoxy groups -OCH3 is 2.